The lowest BCUT2D eigenvalue weighted by Gasteiger charge is -2.35. The van der Waals surface area contributed by atoms with Crippen LogP contribution in [-0.4, -0.2) is 50.1 Å². The second-order valence-electron chi connectivity index (χ2n) is 6.44. The molecule has 7 heteroatoms. The molecule has 25 heavy (non-hydrogen) atoms. The highest BCUT2D eigenvalue weighted by atomic mass is 19.3. The summed E-state index contributed by atoms with van der Waals surface area (Å²) in [6, 6.07) is 5.74. The molecule has 0 aliphatic carbocycles. The average Bonchev–Trinajstić information content (AvgIpc) is 2.61. The Morgan fingerprint density at radius 1 is 1.28 bits per heavy atom. The first kappa shape index (κ1) is 19.6. The SMILES string of the molecule is CNCCC1CCN(C(C)C(=O)Nc2ccc(OC(F)F)cc2)CC1. The van der Waals surface area contributed by atoms with E-state index >= 15 is 0 Å². The molecule has 1 heterocycles. The lowest BCUT2D eigenvalue weighted by atomic mass is 9.93. The van der Waals surface area contributed by atoms with Gasteiger partial charge in [0.05, 0.1) is 6.04 Å². The number of hydrogen-bond acceptors (Lipinski definition) is 4. The van der Waals surface area contributed by atoms with Gasteiger partial charge in [-0.3, -0.25) is 9.69 Å². The van der Waals surface area contributed by atoms with Crippen LogP contribution in [0.1, 0.15) is 26.2 Å². The first-order chi connectivity index (χ1) is 12.0. The van der Waals surface area contributed by atoms with Gasteiger partial charge in [0, 0.05) is 5.69 Å². The number of nitrogens with zero attached hydrogens (tertiary/aromatic N) is 1. The smallest absolute Gasteiger partial charge is 0.387 e. The third-order valence-corrected chi connectivity index (χ3v) is 4.73. The van der Waals surface area contributed by atoms with Crippen LogP contribution in [0.2, 0.25) is 0 Å². The summed E-state index contributed by atoms with van der Waals surface area (Å²) in [7, 11) is 1.97. The molecule has 1 aromatic rings. The Morgan fingerprint density at radius 3 is 2.48 bits per heavy atom. The minimum atomic E-state index is -2.85. The number of likely N-dealkylation sites (tertiary alicyclic amines) is 1. The van der Waals surface area contributed by atoms with Crippen molar-refractivity contribution >= 4 is 11.6 Å². The van der Waals surface area contributed by atoms with E-state index in [-0.39, 0.29) is 17.7 Å². The number of halogens is 2. The van der Waals surface area contributed by atoms with E-state index in [0.717, 1.165) is 38.4 Å². The van der Waals surface area contributed by atoms with Crippen LogP contribution >= 0.6 is 0 Å². The van der Waals surface area contributed by atoms with Crippen molar-refractivity contribution in [1.82, 2.24) is 10.2 Å². The van der Waals surface area contributed by atoms with Crippen molar-refractivity contribution in [2.24, 2.45) is 5.92 Å². The molecule has 0 spiro atoms. The van der Waals surface area contributed by atoms with Crippen molar-refractivity contribution < 1.29 is 18.3 Å². The Balaban J connectivity index is 1.80. The predicted octanol–water partition coefficient (Wildman–Crippen LogP) is 2.94. The molecule has 5 nitrogen and oxygen atoms in total. The van der Waals surface area contributed by atoms with Crippen molar-refractivity contribution in [2.45, 2.75) is 38.8 Å². The number of carbonyl (C=O) groups is 1. The minimum absolute atomic E-state index is 0.0738. The molecule has 0 saturated carbocycles. The zero-order valence-electron chi connectivity index (χ0n) is 14.8. The molecule has 1 saturated heterocycles. The highest BCUT2D eigenvalue weighted by Gasteiger charge is 2.26. The van der Waals surface area contributed by atoms with Crippen molar-refractivity contribution in [3.05, 3.63) is 24.3 Å². The Labute approximate surface area is 147 Å². The molecule has 1 aliphatic heterocycles. The fourth-order valence-electron chi connectivity index (χ4n) is 3.11. The molecule has 1 amide bonds. The van der Waals surface area contributed by atoms with Crippen LogP contribution in [0.4, 0.5) is 14.5 Å². The summed E-state index contributed by atoms with van der Waals surface area (Å²) in [5.74, 6) is 0.710. The number of ether oxygens (including phenoxy) is 1. The van der Waals surface area contributed by atoms with Crippen LogP contribution in [-0.2, 0) is 4.79 Å². The molecule has 1 unspecified atom stereocenters. The summed E-state index contributed by atoms with van der Waals surface area (Å²) in [5.41, 5.74) is 0.572. The standard InChI is InChI=1S/C18H27F2N3O2/c1-13(23-11-8-14(9-12-23)7-10-21-2)17(24)22-15-3-5-16(6-4-15)25-18(19)20/h3-6,13-14,18,21H,7-12H2,1-2H3,(H,22,24). The largest absolute Gasteiger partial charge is 0.435 e. The van der Waals surface area contributed by atoms with E-state index in [1.807, 2.05) is 14.0 Å². The lowest BCUT2D eigenvalue weighted by molar-refractivity contribution is -0.121. The van der Waals surface area contributed by atoms with Gasteiger partial charge in [-0.1, -0.05) is 0 Å². The summed E-state index contributed by atoms with van der Waals surface area (Å²) >= 11 is 0. The lowest BCUT2D eigenvalue weighted by Crippen LogP contribution is -2.46. The molecule has 140 valence electrons. The molecule has 0 aromatic heterocycles. The third-order valence-electron chi connectivity index (χ3n) is 4.73. The maximum atomic E-state index is 12.4. The third kappa shape index (κ3) is 6.25. The molecule has 1 aromatic carbocycles. The zero-order valence-corrected chi connectivity index (χ0v) is 14.8. The molecular formula is C18H27F2N3O2. The van der Waals surface area contributed by atoms with Crippen LogP contribution in [0.15, 0.2) is 24.3 Å². The van der Waals surface area contributed by atoms with Crippen molar-refractivity contribution in [2.75, 3.05) is 32.0 Å². The van der Waals surface area contributed by atoms with E-state index in [1.165, 1.54) is 18.6 Å². The summed E-state index contributed by atoms with van der Waals surface area (Å²) in [6.07, 6.45) is 3.40. The van der Waals surface area contributed by atoms with E-state index in [4.69, 9.17) is 0 Å². The normalized spacial score (nSPS) is 17.5. The van der Waals surface area contributed by atoms with Gasteiger partial charge in [-0.05, 0) is 83.1 Å². The first-order valence-electron chi connectivity index (χ1n) is 8.74. The summed E-state index contributed by atoms with van der Waals surface area (Å²) in [5, 5.41) is 6.01. The number of alkyl halides is 2. The Hall–Kier alpha value is -1.73. The van der Waals surface area contributed by atoms with Crippen molar-refractivity contribution in [1.29, 1.82) is 0 Å². The van der Waals surface area contributed by atoms with Crippen molar-refractivity contribution in [3.63, 3.8) is 0 Å². The maximum absolute atomic E-state index is 12.4. The topological polar surface area (TPSA) is 53.6 Å². The molecule has 1 atom stereocenters. The van der Waals surface area contributed by atoms with Crippen LogP contribution < -0.4 is 15.4 Å². The Bertz CT molecular complexity index is 532. The fraction of sp³-hybridized carbons (Fsp3) is 0.611. The summed E-state index contributed by atoms with van der Waals surface area (Å²) in [6.45, 7) is 1.93. The summed E-state index contributed by atoms with van der Waals surface area (Å²) in [4.78, 5) is 14.6. The van der Waals surface area contributed by atoms with Crippen LogP contribution in [0.25, 0.3) is 0 Å². The number of hydrogen-bond donors (Lipinski definition) is 2. The number of carbonyl (C=O) groups excluding carboxylic acids is 1. The monoisotopic (exact) mass is 355 g/mol. The van der Waals surface area contributed by atoms with E-state index in [0.29, 0.717) is 5.69 Å². The highest BCUT2D eigenvalue weighted by molar-refractivity contribution is 5.94. The van der Waals surface area contributed by atoms with Gasteiger partial charge in [-0.2, -0.15) is 8.78 Å². The zero-order chi connectivity index (χ0) is 18.2. The van der Waals surface area contributed by atoms with Crippen LogP contribution in [0, 0.1) is 5.92 Å². The van der Waals surface area contributed by atoms with Gasteiger partial charge in [-0.25, -0.2) is 0 Å². The second kappa shape index (κ2) is 9.68. The predicted molar refractivity (Wildman–Crippen MR) is 94.0 cm³/mol. The number of anilines is 1. The molecular weight excluding hydrogens is 328 g/mol. The number of benzene rings is 1. The number of nitrogens with one attached hydrogen (secondary N) is 2. The molecule has 1 fully saturated rings. The molecule has 1 aliphatic rings. The van der Waals surface area contributed by atoms with Crippen molar-refractivity contribution in [3.8, 4) is 5.75 Å². The van der Waals surface area contributed by atoms with Crippen LogP contribution in [0.3, 0.4) is 0 Å². The fourth-order valence-corrected chi connectivity index (χ4v) is 3.11. The van der Waals surface area contributed by atoms with Gasteiger partial charge in [0.15, 0.2) is 0 Å². The van der Waals surface area contributed by atoms with Gasteiger partial charge in [-0.15, -0.1) is 0 Å². The Morgan fingerprint density at radius 2 is 1.92 bits per heavy atom. The molecule has 2 N–H and O–H groups in total. The van der Waals surface area contributed by atoms with E-state index in [9.17, 15) is 13.6 Å². The average molecular weight is 355 g/mol. The van der Waals surface area contributed by atoms with E-state index in [2.05, 4.69) is 20.3 Å². The Kier molecular flexibility index (Phi) is 7.58. The molecule has 0 bridgehead atoms. The van der Waals surface area contributed by atoms with Gasteiger partial charge >= 0.3 is 6.61 Å². The quantitative estimate of drug-likeness (QED) is 0.753. The minimum Gasteiger partial charge on any atom is -0.435 e. The highest BCUT2D eigenvalue weighted by Crippen LogP contribution is 2.22. The van der Waals surface area contributed by atoms with Gasteiger partial charge in [0.2, 0.25) is 5.91 Å². The van der Waals surface area contributed by atoms with E-state index < -0.39 is 6.61 Å². The number of rotatable bonds is 8. The molecule has 2 rings (SSSR count). The molecule has 0 radical (unpaired) electrons. The van der Waals surface area contributed by atoms with E-state index in [1.54, 1.807) is 12.1 Å². The number of piperidine rings is 1. The second-order valence-corrected chi connectivity index (χ2v) is 6.44. The first-order valence-corrected chi connectivity index (χ1v) is 8.74. The van der Waals surface area contributed by atoms with Gasteiger partial charge in [0.25, 0.3) is 0 Å². The van der Waals surface area contributed by atoms with Gasteiger partial charge in [0.1, 0.15) is 5.75 Å². The summed E-state index contributed by atoms with van der Waals surface area (Å²) < 4.78 is 28.6. The maximum Gasteiger partial charge on any atom is 0.387 e. The van der Waals surface area contributed by atoms with Crippen LogP contribution in [0.5, 0.6) is 5.75 Å². The van der Waals surface area contributed by atoms with Gasteiger partial charge < -0.3 is 15.4 Å². The number of amides is 1.